The molecular weight excluding hydrogens is 711 g/mol. The molecule has 0 saturated carbocycles. The van der Waals surface area contributed by atoms with E-state index in [9.17, 15) is 10.2 Å². The Bertz CT molecular complexity index is 1760. The summed E-state index contributed by atoms with van der Waals surface area (Å²) in [5.74, 6) is 2.77. The zero-order valence-electron chi connectivity index (χ0n) is 34.7. The molecule has 54 heavy (non-hydrogen) atoms. The Morgan fingerprint density at radius 2 is 0.611 bits per heavy atom. The third kappa shape index (κ3) is 9.36. The molecule has 1 aliphatic carbocycles. The summed E-state index contributed by atoms with van der Waals surface area (Å²) in [6, 6.07) is 17.5. The molecule has 0 unspecified atom stereocenters. The second kappa shape index (κ2) is 15.7. The Kier molecular flexibility index (Phi) is 12.1. The Balaban J connectivity index is 1.95. The molecule has 0 heterocycles. The maximum absolute atomic E-state index is 12.3. The molecule has 0 aromatic heterocycles. The van der Waals surface area contributed by atoms with Gasteiger partial charge in [-0.2, -0.15) is 0 Å². The van der Waals surface area contributed by atoms with Gasteiger partial charge in [-0.15, -0.1) is 23.2 Å². The molecule has 4 aromatic carbocycles. The van der Waals surface area contributed by atoms with E-state index in [-0.39, 0.29) is 33.2 Å². The second-order valence-corrected chi connectivity index (χ2v) is 20.1. The largest absolute Gasteiger partial charge is 0.507 e. The predicted octanol–water partition coefficient (Wildman–Crippen LogP) is 12.2. The zero-order valence-corrected chi connectivity index (χ0v) is 36.3. The molecule has 0 radical (unpaired) electrons. The van der Waals surface area contributed by atoms with Crippen molar-refractivity contribution >= 4 is 23.2 Å². The van der Waals surface area contributed by atoms with Gasteiger partial charge >= 0.3 is 0 Å². The minimum Gasteiger partial charge on any atom is -0.507 e. The molecule has 0 spiro atoms. The molecule has 2 N–H and O–H groups in total. The maximum atomic E-state index is 12.3. The average molecular weight is 774 g/mol. The summed E-state index contributed by atoms with van der Waals surface area (Å²) in [6.07, 6.45) is 1.83. The van der Waals surface area contributed by atoms with E-state index in [0.717, 1.165) is 78.3 Å². The average Bonchev–Trinajstić information content (AvgIpc) is 3.04. The molecule has 4 nitrogen and oxygen atoms in total. The molecule has 0 fully saturated rings. The van der Waals surface area contributed by atoms with E-state index < -0.39 is 0 Å². The molecule has 1 aliphatic rings. The van der Waals surface area contributed by atoms with Gasteiger partial charge < -0.3 is 19.7 Å². The van der Waals surface area contributed by atoms with Crippen molar-refractivity contribution in [3.63, 3.8) is 0 Å². The van der Waals surface area contributed by atoms with E-state index >= 15 is 0 Å². The lowest BCUT2D eigenvalue weighted by Gasteiger charge is -2.28. The summed E-state index contributed by atoms with van der Waals surface area (Å²) >= 11 is 12.5. The van der Waals surface area contributed by atoms with Crippen LogP contribution in [0, 0.1) is 0 Å². The summed E-state index contributed by atoms with van der Waals surface area (Å²) in [4.78, 5) is 0. The summed E-state index contributed by atoms with van der Waals surface area (Å²) < 4.78 is 13.1. The summed E-state index contributed by atoms with van der Waals surface area (Å²) in [6.45, 7) is 27.3. The Hall–Kier alpha value is -3.34. The summed E-state index contributed by atoms with van der Waals surface area (Å²) in [7, 11) is 0. The monoisotopic (exact) mass is 772 g/mol. The van der Waals surface area contributed by atoms with Crippen LogP contribution in [0.3, 0.4) is 0 Å². The third-order valence-electron chi connectivity index (χ3n) is 10.7. The van der Waals surface area contributed by atoms with Gasteiger partial charge in [0.25, 0.3) is 0 Å². The van der Waals surface area contributed by atoms with Crippen LogP contribution in [-0.4, -0.2) is 35.2 Å². The number of hydrogen-bond donors (Lipinski definition) is 2. The van der Waals surface area contributed by atoms with Gasteiger partial charge in [-0.25, -0.2) is 0 Å². The fourth-order valence-corrected chi connectivity index (χ4v) is 7.45. The van der Waals surface area contributed by atoms with E-state index in [4.69, 9.17) is 32.7 Å². The van der Waals surface area contributed by atoms with E-state index in [1.807, 2.05) is 0 Å². The lowest BCUT2D eigenvalue weighted by Crippen LogP contribution is -2.17. The maximum Gasteiger partial charge on any atom is 0.126 e. The van der Waals surface area contributed by atoms with E-state index in [2.05, 4.69) is 132 Å². The summed E-state index contributed by atoms with van der Waals surface area (Å²) in [5.41, 5.74) is 11.2. The van der Waals surface area contributed by atoms with Gasteiger partial charge in [0.1, 0.15) is 36.2 Å². The van der Waals surface area contributed by atoms with E-state index in [1.165, 1.54) is 0 Å². The highest BCUT2D eigenvalue weighted by atomic mass is 35.5. The molecule has 0 amide bonds. The highest BCUT2D eigenvalue weighted by molar-refractivity contribution is 6.18. The lowest BCUT2D eigenvalue weighted by molar-refractivity contribution is 0.335. The van der Waals surface area contributed by atoms with Gasteiger partial charge in [0.15, 0.2) is 0 Å². The smallest absolute Gasteiger partial charge is 0.126 e. The van der Waals surface area contributed by atoms with Crippen LogP contribution in [0.1, 0.15) is 150 Å². The van der Waals surface area contributed by atoms with Crippen LogP contribution in [0.15, 0.2) is 48.5 Å². The van der Waals surface area contributed by atoms with E-state index in [1.54, 1.807) is 0 Å². The van der Waals surface area contributed by atoms with Crippen molar-refractivity contribution in [3.8, 4) is 23.0 Å². The van der Waals surface area contributed by atoms with Gasteiger partial charge in [0, 0.05) is 25.7 Å². The first-order valence-electron chi connectivity index (χ1n) is 19.4. The van der Waals surface area contributed by atoms with Crippen molar-refractivity contribution in [2.45, 2.75) is 130 Å². The molecule has 5 rings (SSSR count). The first kappa shape index (κ1) is 41.8. The van der Waals surface area contributed by atoms with Crippen LogP contribution in [-0.2, 0) is 47.3 Å². The van der Waals surface area contributed by atoms with Gasteiger partial charge in [-0.05, 0) is 88.4 Å². The highest BCUT2D eigenvalue weighted by Gasteiger charge is 2.28. The number of aromatic hydroxyl groups is 2. The van der Waals surface area contributed by atoms with Crippen LogP contribution in [0.25, 0.3) is 0 Å². The van der Waals surface area contributed by atoms with Gasteiger partial charge in [0.05, 0.1) is 11.8 Å². The fourth-order valence-electron chi connectivity index (χ4n) is 7.30. The fraction of sp³-hybridized carbons (Fsp3) is 0.500. The Morgan fingerprint density at radius 1 is 0.407 bits per heavy atom. The predicted molar refractivity (Wildman–Crippen MR) is 228 cm³/mol. The first-order valence-corrected chi connectivity index (χ1v) is 20.5. The zero-order chi connectivity index (χ0) is 40.0. The number of rotatable bonds is 6. The first-order chi connectivity index (χ1) is 25.0. The van der Waals surface area contributed by atoms with Crippen molar-refractivity contribution in [2.24, 2.45) is 0 Å². The van der Waals surface area contributed by atoms with Crippen molar-refractivity contribution in [1.29, 1.82) is 0 Å². The number of benzene rings is 4. The van der Waals surface area contributed by atoms with Crippen molar-refractivity contribution < 1.29 is 19.7 Å². The minimum absolute atomic E-state index is 0.163. The normalized spacial score (nSPS) is 13.9. The van der Waals surface area contributed by atoms with Crippen molar-refractivity contribution in [2.75, 3.05) is 25.0 Å². The van der Waals surface area contributed by atoms with Gasteiger partial charge in [0.2, 0.25) is 0 Å². The molecule has 292 valence electrons. The van der Waals surface area contributed by atoms with Crippen LogP contribution in [0.2, 0.25) is 0 Å². The molecule has 0 atom stereocenters. The topological polar surface area (TPSA) is 58.9 Å². The molecule has 8 bridgehead atoms. The Labute approximate surface area is 335 Å². The number of phenols is 2. The number of hydrogen-bond acceptors (Lipinski definition) is 4. The van der Waals surface area contributed by atoms with Gasteiger partial charge in [-0.3, -0.25) is 0 Å². The number of alkyl halides is 2. The van der Waals surface area contributed by atoms with Crippen LogP contribution >= 0.6 is 23.2 Å². The standard InChI is InChI=1S/C48H62Cl2O4/c1-45(2,3)37-21-29-17-33-25-39(47(7,8)9)27-35(43(33)53-15-13-49)19-31-23-38(46(4,5)6)24-32(42(31)52)20-36-28-40(48(10,11)12)26-34(44(36)54-16-14-50)18-30(22-37)41(29)51/h21-28,51-52H,13-20H2,1-12H3. The van der Waals surface area contributed by atoms with Crippen LogP contribution in [0.4, 0.5) is 0 Å². The van der Waals surface area contributed by atoms with Gasteiger partial charge in [-0.1, -0.05) is 132 Å². The second-order valence-electron chi connectivity index (χ2n) is 19.3. The molecule has 0 saturated heterocycles. The van der Waals surface area contributed by atoms with Crippen molar-refractivity contribution in [3.05, 3.63) is 115 Å². The number of halogens is 2. The molecule has 4 aromatic rings. The van der Waals surface area contributed by atoms with Crippen LogP contribution in [0.5, 0.6) is 23.0 Å². The third-order valence-corrected chi connectivity index (χ3v) is 11.0. The Morgan fingerprint density at radius 3 is 0.796 bits per heavy atom. The number of fused-ring (bicyclic) bond motifs is 8. The number of ether oxygens (including phenoxy) is 2. The quantitative estimate of drug-likeness (QED) is 0.169. The van der Waals surface area contributed by atoms with Crippen LogP contribution < -0.4 is 9.47 Å². The summed E-state index contributed by atoms with van der Waals surface area (Å²) in [5, 5.41) is 24.6. The molecule has 0 aliphatic heterocycles. The molecular formula is C48H62Cl2O4. The number of phenolic OH excluding ortho intramolecular Hbond substituents is 2. The highest BCUT2D eigenvalue weighted by Crippen LogP contribution is 2.43. The van der Waals surface area contributed by atoms with Crippen molar-refractivity contribution in [1.82, 2.24) is 0 Å². The van der Waals surface area contributed by atoms with E-state index in [0.29, 0.717) is 50.7 Å². The lowest BCUT2D eigenvalue weighted by atomic mass is 9.79. The SMILES string of the molecule is CC(C)(C)c1cc2c(O)c(c1)Cc1cc(C(C)(C)C)cc(c1OCCCl)Cc1cc(C(C)(C)C)cc(c1O)Cc1cc(C(C)(C)C)cc(c1OCCCl)C2. The minimum atomic E-state index is -0.171. The molecule has 6 heteroatoms.